The van der Waals surface area contributed by atoms with Gasteiger partial charge < -0.3 is 4.74 Å². The number of methoxy groups -OCH3 is 1. The van der Waals surface area contributed by atoms with Gasteiger partial charge in [-0.15, -0.1) is 10.2 Å². The highest BCUT2D eigenvalue weighted by Gasteiger charge is 2.05. The molecule has 0 spiro atoms. The summed E-state index contributed by atoms with van der Waals surface area (Å²) in [5, 5.41) is 7.40. The lowest BCUT2D eigenvalue weighted by atomic mass is 10.2. The molecule has 1 aromatic heterocycles. The van der Waals surface area contributed by atoms with Gasteiger partial charge in [0, 0.05) is 5.56 Å². The predicted molar refractivity (Wildman–Crippen MR) is 53.3 cm³/mol. The highest BCUT2D eigenvalue weighted by Crippen LogP contribution is 2.22. The van der Waals surface area contributed by atoms with Crippen LogP contribution < -0.4 is 4.74 Å². The topological polar surface area (TPSA) is 57.0 Å². The lowest BCUT2D eigenvalue weighted by Gasteiger charge is -2.08. The fourth-order valence-electron chi connectivity index (χ4n) is 1.31. The van der Waals surface area contributed by atoms with Crippen molar-refractivity contribution in [1.29, 1.82) is 0 Å². The Morgan fingerprint density at radius 2 is 2.07 bits per heavy atom. The second-order valence-corrected chi connectivity index (χ2v) is 2.92. The van der Waals surface area contributed by atoms with Crippen molar-refractivity contribution in [2.24, 2.45) is 0 Å². The Hall–Kier alpha value is -2.17. The minimum absolute atomic E-state index is 0.583. The van der Waals surface area contributed by atoms with Crippen LogP contribution in [-0.2, 0) is 0 Å². The van der Waals surface area contributed by atoms with Gasteiger partial charge in [0.05, 0.1) is 12.8 Å². The molecule has 0 bridgehead atoms. The number of aldehydes is 1. The molecule has 0 amide bonds. The van der Waals surface area contributed by atoms with Crippen LogP contribution in [0, 0.1) is 0 Å². The minimum atomic E-state index is 0.583. The first-order valence-electron chi connectivity index (χ1n) is 4.33. The summed E-state index contributed by atoms with van der Waals surface area (Å²) in [4.78, 5) is 10.6. The first-order chi connectivity index (χ1) is 7.35. The zero-order valence-electron chi connectivity index (χ0n) is 8.12. The van der Waals surface area contributed by atoms with E-state index in [1.54, 1.807) is 42.5 Å². The summed E-state index contributed by atoms with van der Waals surface area (Å²) in [5.41, 5.74) is 1.33. The number of hydrogen-bond donors (Lipinski definition) is 0. The van der Waals surface area contributed by atoms with Crippen molar-refractivity contribution in [3.05, 3.63) is 36.4 Å². The van der Waals surface area contributed by atoms with Gasteiger partial charge in [0.25, 0.3) is 0 Å². The highest BCUT2D eigenvalue weighted by molar-refractivity contribution is 5.77. The van der Waals surface area contributed by atoms with Crippen molar-refractivity contribution < 1.29 is 9.53 Å². The molecule has 0 aliphatic carbocycles. The van der Waals surface area contributed by atoms with Gasteiger partial charge in [-0.2, -0.15) is 0 Å². The minimum Gasteiger partial charge on any atom is -0.495 e. The zero-order chi connectivity index (χ0) is 10.7. The average molecular weight is 203 g/mol. The van der Waals surface area contributed by atoms with E-state index in [0.29, 0.717) is 11.3 Å². The number of nitrogens with zero attached hydrogens (tertiary/aromatic N) is 3. The van der Waals surface area contributed by atoms with E-state index in [1.165, 1.54) is 0 Å². The average Bonchev–Trinajstić information content (AvgIpc) is 2.81. The highest BCUT2D eigenvalue weighted by atomic mass is 16.5. The molecule has 0 atom stereocenters. The van der Waals surface area contributed by atoms with Crippen molar-refractivity contribution in [3.63, 3.8) is 0 Å². The van der Waals surface area contributed by atoms with E-state index >= 15 is 0 Å². The van der Waals surface area contributed by atoms with Crippen molar-refractivity contribution in [1.82, 2.24) is 14.8 Å². The summed E-state index contributed by atoms with van der Waals surface area (Å²) in [6, 6.07) is 5.15. The number of carbonyl (C=O) groups excluding carboxylic acids is 1. The Morgan fingerprint density at radius 3 is 2.67 bits per heavy atom. The Labute approximate surface area is 86.3 Å². The molecule has 0 N–H and O–H groups in total. The summed E-state index contributed by atoms with van der Waals surface area (Å²) >= 11 is 0. The second-order valence-electron chi connectivity index (χ2n) is 2.92. The van der Waals surface area contributed by atoms with E-state index in [9.17, 15) is 4.79 Å². The van der Waals surface area contributed by atoms with Crippen LogP contribution in [-0.4, -0.2) is 28.2 Å². The van der Waals surface area contributed by atoms with Gasteiger partial charge in [0.15, 0.2) is 0 Å². The van der Waals surface area contributed by atoms with E-state index in [1.807, 2.05) is 0 Å². The number of aromatic nitrogens is 3. The quantitative estimate of drug-likeness (QED) is 0.700. The third-order valence-electron chi connectivity index (χ3n) is 2.04. The number of benzene rings is 1. The largest absolute Gasteiger partial charge is 0.495 e. The molecule has 0 aliphatic rings. The van der Waals surface area contributed by atoms with Crippen LogP contribution in [0.5, 0.6) is 5.75 Å². The molecule has 0 saturated heterocycles. The van der Waals surface area contributed by atoms with E-state index in [0.717, 1.165) is 12.0 Å². The number of carbonyl (C=O) groups is 1. The maximum absolute atomic E-state index is 10.6. The molecule has 2 rings (SSSR count). The Kier molecular flexibility index (Phi) is 2.45. The van der Waals surface area contributed by atoms with E-state index in [-0.39, 0.29) is 0 Å². The maximum Gasteiger partial charge on any atom is 0.150 e. The summed E-state index contributed by atoms with van der Waals surface area (Å²) in [6.45, 7) is 0. The normalized spacial score (nSPS) is 9.93. The molecule has 5 nitrogen and oxygen atoms in total. The van der Waals surface area contributed by atoms with Crippen LogP contribution in [0.2, 0.25) is 0 Å². The molecular formula is C10H9N3O2. The van der Waals surface area contributed by atoms with Crippen LogP contribution in [0.1, 0.15) is 10.4 Å². The van der Waals surface area contributed by atoms with Crippen molar-refractivity contribution in [2.45, 2.75) is 0 Å². The van der Waals surface area contributed by atoms with Gasteiger partial charge in [-0.3, -0.25) is 9.36 Å². The lowest BCUT2D eigenvalue weighted by Crippen LogP contribution is -1.96. The number of ether oxygens (including phenoxy) is 1. The van der Waals surface area contributed by atoms with Crippen LogP contribution in [0.4, 0.5) is 0 Å². The van der Waals surface area contributed by atoms with Gasteiger partial charge in [-0.05, 0) is 18.2 Å². The first-order valence-corrected chi connectivity index (χ1v) is 4.33. The number of rotatable bonds is 3. The van der Waals surface area contributed by atoms with Crippen molar-refractivity contribution in [2.75, 3.05) is 7.11 Å². The van der Waals surface area contributed by atoms with Gasteiger partial charge in [-0.1, -0.05) is 0 Å². The van der Waals surface area contributed by atoms with E-state index < -0.39 is 0 Å². The molecule has 1 heterocycles. The third kappa shape index (κ3) is 1.71. The summed E-state index contributed by atoms with van der Waals surface area (Å²) in [7, 11) is 1.57. The monoisotopic (exact) mass is 203 g/mol. The summed E-state index contributed by atoms with van der Waals surface area (Å²) in [5.74, 6) is 0.667. The van der Waals surface area contributed by atoms with Crippen LogP contribution in [0.15, 0.2) is 30.9 Å². The molecule has 5 heteroatoms. The van der Waals surface area contributed by atoms with E-state index in [2.05, 4.69) is 10.2 Å². The van der Waals surface area contributed by atoms with Gasteiger partial charge in [0.2, 0.25) is 0 Å². The molecule has 76 valence electrons. The molecule has 0 saturated carbocycles. The van der Waals surface area contributed by atoms with Crippen LogP contribution in [0.3, 0.4) is 0 Å². The Morgan fingerprint density at radius 1 is 1.33 bits per heavy atom. The molecule has 0 unspecified atom stereocenters. The molecule has 1 aromatic carbocycles. The van der Waals surface area contributed by atoms with Crippen LogP contribution >= 0.6 is 0 Å². The van der Waals surface area contributed by atoms with Crippen LogP contribution in [0.25, 0.3) is 5.69 Å². The van der Waals surface area contributed by atoms with E-state index in [4.69, 9.17) is 4.74 Å². The lowest BCUT2D eigenvalue weighted by molar-refractivity contribution is 0.112. The van der Waals surface area contributed by atoms with Gasteiger partial charge in [-0.25, -0.2) is 0 Å². The predicted octanol–water partition coefficient (Wildman–Crippen LogP) is 1.09. The number of hydrogen-bond acceptors (Lipinski definition) is 4. The summed E-state index contributed by atoms with van der Waals surface area (Å²) < 4.78 is 6.86. The second kappa shape index (κ2) is 3.91. The first kappa shape index (κ1) is 9.39. The molecule has 15 heavy (non-hydrogen) atoms. The van der Waals surface area contributed by atoms with Gasteiger partial charge in [0.1, 0.15) is 24.7 Å². The Balaban J connectivity index is 2.56. The van der Waals surface area contributed by atoms with Gasteiger partial charge >= 0.3 is 0 Å². The molecular weight excluding hydrogens is 194 g/mol. The molecule has 2 aromatic rings. The maximum atomic E-state index is 10.6. The standard InChI is InChI=1S/C10H9N3O2/c1-15-10-3-2-8(5-14)4-9(10)13-6-11-12-7-13/h2-7H,1H3. The summed E-state index contributed by atoms with van der Waals surface area (Å²) in [6.07, 6.45) is 3.88. The fraction of sp³-hybridized carbons (Fsp3) is 0.100. The Bertz CT molecular complexity index is 466. The fourth-order valence-corrected chi connectivity index (χ4v) is 1.31. The zero-order valence-corrected chi connectivity index (χ0v) is 8.12. The third-order valence-corrected chi connectivity index (χ3v) is 2.04. The van der Waals surface area contributed by atoms with Crippen molar-refractivity contribution >= 4 is 6.29 Å². The molecule has 0 aliphatic heterocycles. The molecule has 0 fully saturated rings. The smallest absolute Gasteiger partial charge is 0.150 e. The van der Waals surface area contributed by atoms with Crippen molar-refractivity contribution in [3.8, 4) is 11.4 Å². The molecule has 0 radical (unpaired) electrons. The SMILES string of the molecule is COc1ccc(C=O)cc1-n1cnnc1.